The van der Waals surface area contributed by atoms with E-state index in [0.717, 1.165) is 6.42 Å². The zero-order valence-electron chi connectivity index (χ0n) is 9.22. The second-order valence-electron chi connectivity index (χ2n) is 5.12. The van der Waals surface area contributed by atoms with Gasteiger partial charge in [0.25, 0.3) is 0 Å². The average molecular weight is 213 g/mol. The Morgan fingerprint density at radius 1 is 1.50 bits per heavy atom. The lowest BCUT2D eigenvalue weighted by atomic mass is 9.67. The Morgan fingerprint density at radius 2 is 2.21 bits per heavy atom. The van der Waals surface area contributed by atoms with Gasteiger partial charge >= 0.3 is 0 Å². The summed E-state index contributed by atoms with van der Waals surface area (Å²) in [5.41, 5.74) is 0.184. The quantitative estimate of drug-likeness (QED) is 0.668. The summed E-state index contributed by atoms with van der Waals surface area (Å²) in [4.78, 5) is 11.6. The van der Waals surface area contributed by atoms with E-state index in [0.29, 0.717) is 5.25 Å². The Bertz CT molecular complexity index is 264. The first kappa shape index (κ1) is 10.3. The van der Waals surface area contributed by atoms with Crippen molar-refractivity contribution in [1.82, 2.24) is 5.32 Å². The zero-order valence-corrected chi connectivity index (χ0v) is 10.0. The monoisotopic (exact) mass is 213 g/mol. The highest BCUT2D eigenvalue weighted by atomic mass is 32.2. The fraction of sp³-hybridized carbons (Fsp3) is 0.909. The number of amides is 1. The van der Waals surface area contributed by atoms with E-state index in [4.69, 9.17) is 0 Å². The van der Waals surface area contributed by atoms with Crippen LogP contribution in [-0.4, -0.2) is 22.4 Å². The topological polar surface area (TPSA) is 29.1 Å². The molecule has 14 heavy (non-hydrogen) atoms. The summed E-state index contributed by atoms with van der Waals surface area (Å²) >= 11 is 2.03. The van der Waals surface area contributed by atoms with Crippen molar-refractivity contribution in [2.45, 2.75) is 50.8 Å². The smallest absolute Gasteiger partial charge is 0.221 e. The second kappa shape index (κ2) is 3.16. The number of carbonyl (C=O) groups is 1. The summed E-state index contributed by atoms with van der Waals surface area (Å²) in [5, 5.41) is 3.73. The number of carbonyl (C=O) groups excluding carboxylic acids is 1. The standard InChI is InChI=1S/C11H19NOS/c1-8-11(5-4-6-14-8)7-9(13)12-10(11,2)3/h8H,4-7H2,1-3H3,(H,12,13). The van der Waals surface area contributed by atoms with E-state index in [1.54, 1.807) is 0 Å². The lowest BCUT2D eigenvalue weighted by molar-refractivity contribution is -0.120. The van der Waals surface area contributed by atoms with E-state index < -0.39 is 0 Å². The third kappa shape index (κ3) is 1.28. The minimum Gasteiger partial charge on any atom is -0.351 e. The van der Waals surface area contributed by atoms with E-state index in [9.17, 15) is 4.79 Å². The van der Waals surface area contributed by atoms with Crippen LogP contribution in [-0.2, 0) is 4.79 Å². The second-order valence-corrected chi connectivity index (χ2v) is 6.57. The molecule has 80 valence electrons. The van der Waals surface area contributed by atoms with E-state index in [2.05, 4.69) is 26.1 Å². The molecule has 2 aliphatic rings. The SMILES string of the molecule is CC1SCCCC12CC(=O)NC2(C)C. The molecule has 0 bridgehead atoms. The molecule has 2 aliphatic heterocycles. The number of nitrogens with one attached hydrogen (secondary N) is 1. The molecule has 2 rings (SSSR count). The van der Waals surface area contributed by atoms with Crippen LogP contribution in [0.5, 0.6) is 0 Å². The lowest BCUT2D eigenvalue weighted by Crippen LogP contribution is -2.52. The van der Waals surface area contributed by atoms with Crippen LogP contribution in [0, 0.1) is 5.41 Å². The van der Waals surface area contributed by atoms with Crippen LogP contribution in [0.4, 0.5) is 0 Å². The molecule has 0 aromatic heterocycles. The molecule has 0 radical (unpaired) electrons. The van der Waals surface area contributed by atoms with Crippen LogP contribution in [0.15, 0.2) is 0 Å². The van der Waals surface area contributed by atoms with E-state index >= 15 is 0 Å². The minimum absolute atomic E-state index is 0.0169. The Hall–Kier alpha value is -0.180. The van der Waals surface area contributed by atoms with Gasteiger partial charge in [0.2, 0.25) is 5.91 Å². The molecule has 2 unspecified atom stereocenters. The third-order valence-corrected chi connectivity index (χ3v) is 5.56. The molecule has 0 aliphatic carbocycles. The summed E-state index contributed by atoms with van der Waals surface area (Å²) in [6, 6.07) is 0. The summed E-state index contributed by atoms with van der Waals surface area (Å²) < 4.78 is 0. The molecule has 1 spiro atoms. The molecule has 1 amide bonds. The number of hydrogen-bond acceptors (Lipinski definition) is 2. The fourth-order valence-electron chi connectivity index (χ4n) is 3.09. The van der Waals surface area contributed by atoms with Crippen LogP contribution in [0.3, 0.4) is 0 Å². The first-order valence-corrected chi connectivity index (χ1v) is 6.45. The average Bonchev–Trinajstić information content (AvgIpc) is 2.29. The van der Waals surface area contributed by atoms with Crippen LogP contribution in [0.1, 0.15) is 40.0 Å². The van der Waals surface area contributed by atoms with Gasteiger partial charge in [-0.2, -0.15) is 11.8 Å². The Labute approximate surface area is 90.2 Å². The molecule has 2 atom stereocenters. The molecule has 2 nitrogen and oxygen atoms in total. The summed E-state index contributed by atoms with van der Waals surface area (Å²) in [6.45, 7) is 6.65. The summed E-state index contributed by atoms with van der Waals surface area (Å²) in [7, 11) is 0. The first-order chi connectivity index (χ1) is 6.48. The van der Waals surface area contributed by atoms with Gasteiger partial charge in [-0.05, 0) is 32.4 Å². The highest BCUT2D eigenvalue weighted by Crippen LogP contribution is 2.53. The van der Waals surface area contributed by atoms with Gasteiger partial charge < -0.3 is 5.32 Å². The van der Waals surface area contributed by atoms with Gasteiger partial charge in [0, 0.05) is 22.6 Å². The van der Waals surface area contributed by atoms with Crippen LogP contribution < -0.4 is 5.32 Å². The predicted octanol–water partition coefficient (Wildman–Crippen LogP) is 2.19. The summed E-state index contributed by atoms with van der Waals surface area (Å²) in [6.07, 6.45) is 3.19. The van der Waals surface area contributed by atoms with Crippen molar-refractivity contribution < 1.29 is 4.79 Å². The largest absolute Gasteiger partial charge is 0.351 e. The van der Waals surface area contributed by atoms with Gasteiger partial charge in [0.1, 0.15) is 0 Å². The Balaban J connectivity index is 2.32. The predicted molar refractivity (Wildman–Crippen MR) is 60.4 cm³/mol. The van der Waals surface area contributed by atoms with Crippen molar-refractivity contribution >= 4 is 17.7 Å². The molecule has 3 heteroatoms. The number of hydrogen-bond donors (Lipinski definition) is 1. The van der Waals surface area contributed by atoms with Gasteiger partial charge in [0.05, 0.1) is 0 Å². The first-order valence-electron chi connectivity index (χ1n) is 5.41. The van der Waals surface area contributed by atoms with Crippen molar-refractivity contribution in [3.05, 3.63) is 0 Å². The molecule has 2 heterocycles. The third-order valence-electron chi connectivity index (χ3n) is 4.09. The van der Waals surface area contributed by atoms with Crippen molar-refractivity contribution in [3.8, 4) is 0 Å². The summed E-state index contributed by atoms with van der Waals surface area (Å²) in [5.74, 6) is 1.50. The Morgan fingerprint density at radius 3 is 2.71 bits per heavy atom. The van der Waals surface area contributed by atoms with Crippen molar-refractivity contribution in [1.29, 1.82) is 0 Å². The van der Waals surface area contributed by atoms with Crippen molar-refractivity contribution in [2.75, 3.05) is 5.75 Å². The van der Waals surface area contributed by atoms with Crippen LogP contribution in [0.25, 0.3) is 0 Å². The molecule has 0 saturated carbocycles. The van der Waals surface area contributed by atoms with Crippen LogP contribution >= 0.6 is 11.8 Å². The van der Waals surface area contributed by atoms with Crippen molar-refractivity contribution in [3.63, 3.8) is 0 Å². The molecule has 2 fully saturated rings. The zero-order chi connectivity index (χ0) is 10.4. The van der Waals surface area contributed by atoms with E-state index in [1.807, 2.05) is 11.8 Å². The molecular weight excluding hydrogens is 194 g/mol. The number of thioether (sulfide) groups is 1. The highest BCUT2D eigenvalue weighted by molar-refractivity contribution is 7.99. The van der Waals surface area contributed by atoms with Gasteiger partial charge in [-0.15, -0.1) is 0 Å². The molecular formula is C11H19NOS. The normalized spacial score (nSPS) is 41.4. The van der Waals surface area contributed by atoms with E-state index in [1.165, 1.54) is 18.6 Å². The molecule has 0 aromatic rings. The number of rotatable bonds is 0. The Kier molecular flexibility index (Phi) is 2.33. The molecule has 0 aromatic carbocycles. The highest BCUT2D eigenvalue weighted by Gasteiger charge is 2.56. The van der Waals surface area contributed by atoms with E-state index in [-0.39, 0.29) is 16.9 Å². The van der Waals surface area contributed by atoms with Gasteiger partial charge in [-0.3, -0.25) is 4.79 Å². The fourth-order valence-corrected chi connectivity index (χ4v) is 4.57. The maximum atomic E-state index is 11.6. The lowest BCUT2D eigenvalue weighted by Gasteiger charge is -2.47. The van der Waals surface area contributed by atoms with Crippen molar-refractivity contribution in [2.24, 2.45) is 5.41 Å². The minimum atomic E-state index is -0.0169. The maximum Gasteiger partial charge on any atom is 0.221 e. The maximum absolute atomic E-state index is 11.6. The van der Waals surface area contributed by atoms with Gasteiger partial charge in [0.15, 0.2) is 0 Å². The molecule has 1 N–H and O–H groups in total. The van der Waals surface area contributed by atoms with Gasteiger partial charge in [-0.25, -0.2) is 0 Å². The van der Waals surface area contributed by atoms with Gasteiger partial charge in [-0.1, -0.05) is 6.92 Å². The molecule has 2 saturated heterocycles. The van der Waals surface area contributed by atoms with Crippen LogP contribution in [0.2, 0.25) is 0 Å².